The topological polar surface area (TPSA) is 53.2 Å². The predicted octanol–water partition coefficient (Wildman–Crippen LogP) is 2.64. The van der Waals surface area contributed by atoms with E-state index in [0.29, 0.717) is 0 Å². The molecule has 4 nitrogen and oxygen atoms in total. The first-order chi connectivity index (χ1) is 9.27. The van der Waals surface area contributed by atoms with Crippen molar-refractivity contribution >= 4 is 17.4 Å². The lowest BCUT2D eigenvalue weighted by molar-refractivity contribution is 0.239. The summed E-state index contributed by atoms with van der Waals surface area (Å²) >= 11 is 0. The number of hydrogen-bond acceptors (Lipinski definition) is 2. The Morgan fingerprint density at radius 2 is 1.63 bits per heavy atom. The minimum absolute atomic E-state index is 0.168. The van der Waals surface area contributed by atoms with Gasteiger partial charge in [0.1, 0.15) is 5.66 Å². The zero-order valence-corrected chi connectivity index (χ0v) is 10.2. The Bertz CT molecular complexity index is 656. The fourth-order valence-corrected chi connectivity index (χ4v) is 2.97. The highest BCUT2D eigenvalue weighted by Crippen LogP contribution is 2.41. The Kier molecular flexibility index (Phi) is 1.93. The molecular weight excluding hydrogens is 238 g/mol. The zero-order chi connectivity index (χ0) is 12.9. The van der Waals surface area contributed by atoms with E-state index in [1.54, 1.807) is 0 Å². The van der Waals surface area contributed by atoms with E-state index < -0.39 is 5.66 Å². The lowest BCUT2D eigenvalue weighted by atomic mass is 9.92. The Hall–Kier alpha value is -2.49. The third-order valence-electron chi connectivity index (χ3n) is 3.78. The number of anilines is 2. The highest BCUT2D eigenvalue weighted by molar-refractivity contribution is 5.94. The van der Waals surface area contributed by atoms with Gasteiger partial charge in [-0.2, -0.15) is 0 Å². The third kappa shape index (κ3) is 1.43. The Morgan fingerprint density at radius 1 is 0.895 bits per heavy atom. The lowest BCUT2D eigenvalue weighted by Gasteiger charge is -2.37. The highest BCUT2D eigenvalue weighted by atomic mass is 16.2. The van der Waals surface area contributed by atoms with Crippen LogP contribution in [0, 0.1) is 0 Å². The second-order valence-electron chi connectivity index (χ2n) is 4.99. The van der Waals surface area contributed by atoms with Gasteiger partial charge in [-0.05, 0) is 17.7 Å². The normalized spacial score (nSPS) is 23.1. The first-order valence-corrected chi connectivity index (χ1v) is 6.32. The molecule has 0 aliphatic carbocycles. The molecule has 4 rings (SSSR count). The van der Waals surface area contributed by atoms with Gasteiger partial charge in [0, 0.05) is 23.4 Å². The van der Waals surface area contributed by atoms with Crippen molar-refractivity contribution in [3.05, 3.63) is 59.7 Å². The first kappa shape index (κ1) is 10.4. The molecule has 2 aromatic carbocycles. The van der Waals surface area contributed by atoms with Crippen molar-refractivity contribution in [2.45, 2.75) is 12.1 Å². The molecule has 1 unspecified atom stereocenters. The van der Waals surface area contributed by atoms with Gasteiger partial charge in [-0.25, -0.2) is 4.79 Å². The number of hydrogen-bond donors (Lipinski definition) is 3. The summed E-state index contributed by atoms with van der Waals surface area (Å²) < 4.78 is 0. The van der Waals surface area contributed by atoms with Crippen molar-refractivity contribution in [2.75, 3.05) is 10.6 Å². The van der Waals surface area contributed by atoms with Gasteiger partial charge in [0.15, 0.2) is 0 Å². The van der Waals surface area contributed by atoms with E-state index >= 15 is 0 Å². The number of para-hydroxylation sites is 2. The van der Waals surface area contributed by atoms with Gasteiger partial charge in [0.25, 0.3) is 0 Å². The third-order valence-corrected chi connectivity index (χ3v) is 3.78. The van der Waals surface area contributed by atoms with Crippen molar-refractivity contribution in [2.24, 2.45) is 0 Å². The Balaban J connectivity index is 1.87. The van der Waals surface area contributed by atoms with Crippen molar-refractivity contribution in [1.82, 2.24) is 5.32 Å². The fourth-order valence-electron chi connectivity index (χ4n) is 2.97. The summed E-state index contributed by atoms with van der Waals surface area (Å²) in [5.41, 5.74) is 3.72. The molecule has 94 valence electrons. The molecule has 2 aromatic rings. The smallest absolute Gasteiger partial charge is 0.321 e. The maximum absolute atomic E-state index is 11.9. The molecular formula is C15H13N3O. The molecule has 2 aliphatic rings. The summed E-state index contributed by atoms with van der Waals surface area (Å²) in [5, 5.41) is 9.35. The predicted molar refractivity (Wildman–Crippen MR) is 74.0 cm³/mol. The van der Waals surface area contributed by atoms with Crippen molar-refractivity contribution in [3.63, 3.8) is 0 Å². The summed E-state index contributed by atoms with van der Waals surface area (Å²) in [6.45, 7) is 0. The average molecular weight is 251 g/mol. The molecule has 3 N–H and O–H groups in total. The van der Waals surface area contributed by atoms with Crippen molar-refractivity contribution in [3.8, 4) is 0 Å². The van der Waals surface area contributed by atoms with Crippen LogP contribution in [0.2, 0.25) is 0 Å². The number of carbonyl (C=O) groups excluding carboxylic acids is 1. The standard InChI is InChI=1S/C15H13N3O/c19-14-16-13-8-4-2-6-11(13)15(18-14)9-10-5-1-3-7-12(10)17-15/h1-8,17H,9H2,(H2,16,18,19). The monoisotopic (exact) mass is 251 g/mol. The fraction of sp³-hybridized carbons (Fsp3) is 0.133. The molecule has 1 spiro atoms. The molecule has 0 bridgehead atoms. The molecule has 0 fully saturated rings. The van der Waals surface area contributed by atoms with Crippen LogP contribution in [0.4, 0.5) is 16.2 Å². The molecule has 2 aliphatic heterocycles. The second-order valence-corrected chi connectivity index (χ2v) is 4.99. The number of amides is 2. The van der Waals surface area contributed by atoms with Gasteiger partial charge in [-0.3, -0.25) is 0 Å². The largest absolute Gasteiger partial charge is 0.358 e. The van der Waals surface area contributed by atoms with Crippen molar-refractivity contribution in [1.29, 1.82) is 0 Å². The summed E-state index contributed by atoms with van der Waals surface area (Å²) in [7, 11) is 0. The molecule has 2 heterocycles. The zero-order valence-electron chi connectivity index (χ0n) is 10.2. The van der Waals surface area contributed by atoms with Crippen LogP contribution in [0.25, 0.3) is 0 Å². The van der Waals surface area contributed by atoms with Gasteiger partial charge in [0.2, 0.25) is 0 Å². The Morgan fingerprint density at radius 3 is 2.47 bits per heavy atom. The van der Waals surface area contributed by atoms with E-state index in [9.17, 15) is 4.79 Å². The van der Waals surface area contributed by atoms with Crippen molar-refractivity contribution < 1.29 is 4.79 Å². The number of carbonyl (C=O) groups is 1. The lowest BCUT2D eigenvalue weighted by Crippen LogP contribution is -2.55. The maximum Gasteiger partial charge on any atom is 0.321 e. The van der Waals surface area contributed by atoms with E-state index in [1.165, 1.54) is 5.56 Å². The number of nitrogens with one attached hydrogen (secondary N) is 3. The van der Waals surface area contributed by atoms with E-state index in [2.05, 4.69) is 22.0 Å². The SMILES string of the molecule is O=C1Nc2ccccc2C2(Cc3ccccc3N2)N1. The summed E-state index contributed by atoms with van der Waals surface area (Å²) in [4.78, 5) is 11.9. The maximum atomic E-state index is 11.9. The number of benzene rings is 2. The van der Waals surface area contributed by atoms with Crippen LogP contribution in [0.3, 0.4) is 0 Å². The average Bonchev–Trinajstić information content (AvgIpc) is 2.76. The molecule has 0 saturated carbocycles. The second kappa shape index (κ2) is 3.51. The van der Waals surface area contributed by atoms with Crippen LogP contribution in [0.5, 0.6) is 0 Å². The van der Waals surface area contributed by atoms with Crippen LogP contribution in [-0.2, 0) is 12.1 Å². The molecule has 0 radical (unpaired) electrons. The summed E-state index contributed by atoms with van der Waals surface area (Å²) in [6.07, 6.45) is 0.758. The van der Waals surface area contributed by atoms with E-state index in [0.717, 1.165) is 23.4 Å². The van der Waals surface area contributed by atoms with Crippen LogP contribution >= 0.6 is 0 Å². The number of fused-ring (bicyclic) bond motifs is 3. The van der Waals surface area contributed by atoms with Crippen LogP contribution in [0.1, 0.15) is 11.1 Å². The highest BCUT2D eigenvalue weighted by Gasteiger charge is 2.43. The molecule has 0 saturated heterocycles. The molecule has 0 aromatic heterocycles. The van der Waals surface area contributed by atoms with E-state index in [-0.39, 0.29) is 6.03 Å². The summed E-state index contributed by atoms with van der Waals surface area (Å²) in [6, 6.07) is 15.9. The first-order valence-electron chi connectivity index (χ1n) is 6.32. The van der Waals surface area contributed by atoms with Gasteiger partial charge in [0.05, 0.1) is 0 Å². The molecule has 2 amide bonds. The number of rotatable bonds is 0. The van der Waals surface area contributed by atoms with Crippen LogP contribution < -0.4 is 16.0 Å². The van der Waals surface area contributed by atoms with Gasteiger partial charge >= 0.3 is 6.03 Å². The van der Waals surface area contributed by atoms with Crippen LogP contribution in [0.15, 0.2) is 48.5 Å². The Labute approximate surface area is 110 Å². The molecule has 4 heteroatoms. The number of urea groups is 1. The molecule has 19 heavy (non-hydrogen) atoms. The van der Waals surface area contributed by atoms with E-state index in [4.69, 9.17) is 0 Å². The van der Waals surface area contributed by atoms with E-state index in [1.807, 2.05) is 42.5 Å². The quantitative estimate of drug-likeness (QED) is 0.674. The minimum atomic E-state index is -0.525. The summed E-state index contributed by atoms with van der Waals surface area (Å²) in [5.74, 6) is 0. The van der Waals surface area contributed by atoms with Gasteiger partial charge in [-0.15, -0.1) is 0 Å². The minimum Gasteiger partial charge on any atom is -0.358 e. The van der Waals surface area contributed by atoms with Crippen LogP contribution in [-0.4, -0.2) is 6.03 Å². The van der Waals surface area contributed by atoms with Gasteiger partial charge in [-0.1, -0.05) is 36.4 Å². The molecule has 1 atom stereocenters. The van der Waals surface area contributed by atoms with Gasteiger partial charge < -0.3 is 16.0 Å².